The lowest BCUT2D eigenvalue weighted by Gasteiger charge is -2.26. The Morgan fingerprint density at radius 1 is 1.22 bits per heavy atom. The smallest absolute Gasteiger partial charge is 0.395 e. The van der Waals surface area contributed by atoms with Crippen molar-refractivity contribution in [3.8, 4) is 11.5 Å². The number of Topliss-reactive ketones (excluding diaryl/α,β-unsaturated/α-hetero) is 1. The van der Waals surface area contributed by atoms with E-state index in [1.165, 1.54) is 20.8 Å². The predicted octanol–water partition coefficient (Wildman–Crippen LogP) is 4.99. The van der Waals surface area contributed by atoms with E-state index in [1.807, 2.05) is 0 Å². The van der Waals surface area contributed by atoms with E-state index in [4.69, 9.17) is 11.0 Å². The van der Waals surface area contributed by atoms with Gasteiger partial charge in [0, 0.05) is 25.7 Å². The molecule has 0 radical (unpaired) electrons. The third kappa shape index (κ3) is 4.48. The van der Waals surface area contributed by atoms with Gasteiger partial charge >= 0.3 is 6.29 Å². The lowest BCUT2D eigenvalue weighted by Crippen LogP contribution is -2.26. The van der Waals surface area contributed by atoms with Gasteiger partial charge in [-0.2, -0.15) is 0 Å². The van der Waals surface area contributed by atoms with Gasteiger partial charge in [0.15, 0.2) is 11.5 Å². The average Bonchev–Trinajstić information content (AvgIpc) is 3.58. The number of benzene rings is 2. The molecule has 1 aliphatic carbocycles. The number of ether oxygens (including phenoxy) is 2. The van der Waals surface area contributed by atoms with Crippen molar-refractivity contribution in [1.82, 2.24) is 4.57 Å². The predicted molar refractivity (Wildman–Crippen MR) is 131 cm³/mol. The van der Waals surface area contributed by atoms with E-state index >= 15 is 4.39 Å². The van der Waals surface area contributed by atoms with E-state index in [-0.39, 0.29) is 35.0 Å². The Morgan fingerprint density at radius 2 is 1.92 bits per heavy atom. The molecule has 1 aromatic heterocycles. The molecular weight excluding hydrogens is 487 g/mol. The molecule has 2 aromatic carbocycles. The Bertz CT molecular complexity index is 1770. The van der Waals surface area contributed by atoms with Crippen LogP contribution in [0.5, 0.6) is 11.5 Å². The summed E-state index contributed by atoms with van der Waals surface area (Å²) in [4.78, 5) is 13.8. The number of carbonyl (C=O) groups is 1. The minimum absolute atomic E-state index is 0.0209. The summed E-state index contributed by atoms with van der Waals surface area (Å²) in [6.45, 7) is 2.98. The molecule has 1 saturated carbocycles. The van der Waals surface area contributed by atoms with Crippen molar-refractivity contribution >= 4 is 16.7 Å². The fourth-order valence-corrected chi connectivity index (χ4v) is 4.42. The maximum Gasteiger partial charge on any atom is 0.586 e. The van der Waals surface area contributed by atoms with Crippen LogP contribution in [-0.2, 0) is 28.6 Å². The maximum atomic E-state index is 16.0. The van der Waals surface area contributed by atoms with Gasteiger partial charge in [0.2, 0.25) is 0 Å². The van der Waals surface area contributed by atoms with Crippen LogP contribution in [0.4, 0.5) is 13.2 Å². The van der Waals surface area contributed by atoms with E-state index in [9.17, 15) is 23.8 Å². The van der Waals surface area contributed by atoms with Crippen molar-refractivity contribution in [1.29, 1.82) is 0 Å². The number of ketones is 1. The first-order valence-electron chi connectivity index (χ1n) is 15.7. The standard InChI is InChI=1S/C28H30F3NO5/c1-4-26(2,3)24-10-17-9-16(20(29)13-21(17)32(24)14-19(34)15-33)11-25(35)27(7-8-27)18-5-6-22-23(12-18)37-28(30,31)36-22/h5-6,9-10,12-13,19,33-34H,4,7-8,11,14-15H2,1-3H3/t19-/m1/s1/i4D2,5D,6D,9D,10D,12D,13D. The highest BCUT2D eigenvalue weighted by atomic mass is 19.3. The number of halogens is 3. The summed E-state index contributed by atoms with van der Waals surface area (Å²) in [7, 11) is 0. The molecule has 9 heteroatoms. The zero-order valence-corrected chi connectivity index (χ0v) is 20.3. The Morgan fingerprint density at radius 3 is 2.57 bits per heavy atom. The van der Waals surface area contributed by atoms with E-state index in [0.29, 0.717) is 0 Å². The molecule has 37 heavy (non-hydrogen) atoms. The number of rotatable bonds is 9. The summed E-state index contributed by atoms with van der Waals surface area (Å²) in [6.07, 6.45) is -8.43. The molecule has 1 aliphatic heterocycles. The van der Waals surface area contributed by atoms with Crippen LogP contribution in [-0.4, -0.2) is 39.6 Å². The van der Waals surface area contributed by atoms with Gasteiger partial charge in [-0.05, 0) is 60.6 Å². The lowest BCUT2D eigenvalue weighted by atomic mass is 9.86. The number of hydrogen-bond acceptors (Lipinski definition) is 5. The normalized spacial score (nSPS) is 21.7. The zero-order valence-electron chi connectivity index (χ0n) is 28.3. The Hall–Kier alpha value is -3.04. The van der Waals surface area contributed by atoms with Gasteiger partial charge in [0.05, 0.1) is 38.4 Å². The molecule has 0 saturated heterocycles. The van der Waals surface area contributed by atoms with Crippen molar-refractivity contribution < 1.29 is 48.6 Å². The van der Waals surface area contributed by atoms with Gasteiger partial charge in [0.25, 0.3) is 0 Å². The fraction of sp³-hybridized carbons (Fsp3) is 0.464. The first kappa shape index (κ1) is 17.5. The van der Waals surface area contributed by atoms with Gasteiger partial charge < -0.3 is 24.3 Å². The van der Waals surface area contributed by atoms with Gasteiger partial charge in [0.1, 0.15) is 11.6 Å². The summed E-state index contributed by atoms with van der Waals surface area (Å²) in [6, 6.07) is -4.23. The number of carbonyl (C=O) groups excluding carboxylic acids is 1. The Balaban J connectivity index is 1.67. The van der Waals surface area contributed by atoms with Crippen LogP contribution in [0.1, 0.15) is 67.8 Å². The summed E-state index contributed by atoms with van der Waals surface area (Å²) in [5.74, 6) is -3.75. The van der Waals surface area contributed by atoms with Crippen LogP contribution in [0.2, 0.25) is 0 Å². The Kier molecular flexibility index (Phi) is 4.14. The molecule has 6 nitrogen and oxygen atoms in total. The number of nitrogens with zero attached hydrogens (tertiary/aromatic N) is 1. The third-order valence-electron chi connectivity index (χ3n) is 6.90. The maximum absolute atomic E-state index is 16.0. The highest BCUT2D eigenvalue weighted by Gasteiger charge is 2.52. The van der Waals surface area contributed by atoms with Crippen molar-refractivity contribution in [3.05, 3.63) is 58.9 Å². The summed E-state index contributed by atoms with van der Waals surface area (Å²) >= 11 is 0. The fourth-order valence-electron chi connectivity index (χ4n) is 4.42. The molecule has 3 aromatic rings. The van der Waals surface area contributed by atoms with Gasteiger partial charge in [-0.1, -0.05) is 26.8 Å². The van der Waals surface area contributed by atoms with Crippen LogP contribution in [0.15, 0.2) is 36.3 Å². The molecule has 2 N–H and O–H groups in total. The SMILES string of the molecule is [2H]c1c([2H])c(C2(C(=O)Cc3c(F)c([2H])c4c(c3[2H])c([2H])c(C(C)(C)C([2H])([2H])C)n4C[C@@H](O)CO)CC2)c([2H])c2c1OC(F)(F)O2. The van der Waals surface area contributed by atoms with Crippen LogP contribution in [0.25, 0.3) is 10.9 Å². The molecule has 5 rings (SSSR count). The minimum Gasteiger partial charge on any atom is -0.395 e. The topological polar surface area (TPSA) is 80.9 Å². The second-order valence-electron chi connectivity index (χ2n) is 9.82. The molecule has 0 bridgehead atoms. The molecule has 2 heterocycles. The molecule has 198 valence electrons. The lowest BCUT2D eigenvalue weighted by molar-refractivity contribution is -0.286. The minimum atomic E-state index is -4.19. The van der Waals surface area contributed by atoms with Crippen molar-refractivity contribution in [3.63, 3.8) is 0 Å². The van der Waals surface area contributed by atoms with E-state index in [1.54, 1.807) is 0 Å². The summed E-state index contributed by atoms with van der Waals surface area (Å²) in [5.41, 5.74) is -4.49. The summed E-state index contributed by atoms with van der Waals surface area (Å²) < 4.78 is 121. The second kappa shape index (κ2) is 8.77. The number of fused-ring (bicyclic) bond motifs is 2. The first-order valence-corrected chi connectivity index (χ1v) is 11.7. The Labute approximate surface area is 223 Å². The molecule has 1 atom stereocenters. The van der Waals surface area contributed by atoms with Gasteiger partial charge in [-0.25, -0.2) is 4.39 Å². The highest BCUT2D eigenvalue weighted by molar-refractivity contribution is 5.95. The monoisotopic (exact) mass is 525 g/mol. The van der Waals surface area contributed by atoms with E-state index < -0.39 is 114 Å². The number of aliphatic hydroxyl groups excluding tert-OH is 2. The number of hydrogen-bond donors (Lipinski definition) is 2. The second-order valence-corrected chi connectivity index (χ2v) is 9.82. The molecule has 0 spiro atoms. The first-order chi connectivity index (χ1) is 20.6. The van der Waals surface area contributed by atoms with Gasteiger partial charge in [-0.3, -0.25) is 4.79 Å². The zero-order chi connectivity index (χ0) is 33.8. The van der Waals surface area contributed by atoms with Crippen LogP contribution in [0.3, 0.4) is 0 Å². The van der Waals surface area contributed by atoms with Crippen molar-refractivity contribution in [2.75, 3.05) is 6.61 Å². The number of alkyl halides is 2. The molecule has 2 aliphatic rings. The van der Waals surface area contributed by atoms with Crippen molar-refractivity contribution in [2.24, 2.45) is 0 Å². The van der Waals surface area contributed by atoms with Crippen LogP contribution >= 0.6 is 0 Å². The number of aliphatic hydroxyl groups is 2. The summed E-state index contributed by atoms with van der Waals surface area (Å²) in [5, 5.41) is 19.5. The molecule has 0 amide bonds. The molecular formula is C28H30F3NO5. The highest BCUT2D eigenvalue weighted by Crippen LogP contribution is 2.52. The number of aromatic nitrogens is 1. The van der Waals surface area contributed by atoms with Crippen molar-refractivity contribution in [2.45, 2.75) is 76.2 Å². The molecule has 0 unspecified atom stereocenters. The largest absolute Gasteiger partial charge is 0.586 e. The quantitative estimate of drug-likeness (QED) is 0.412. The average molecular weight is 526 g/mol. The third-order valence-corrected chi connectivity index (χ3v) is 6.90. The molecule has 1 fully saturated rings. The van der Waals surface area contributed by atoms with E-state index in [2.05, 4.69) is 9.47 Å². The van der Waals surface area contributed by atoms with Crippen LogP contribution < -0.4 is 9.47 Å². The van der Waals surface area contributed by atoms with Gasteiger partial charge in [-0.15, -0.1) is 8.78 Å². The van der Waals surface area contributed by atoms with Crippen LogP contribution in [0, 0.1) is 5.82 Å². The van der Waals surface area contributed by atoms with E-state index in [0.717, 1.165) is 4.57 Å².